The van der Waals surface area contributed by atoms with E-state index in [1.54, 1.807) is 17.4 Å². The summed E-state index contributed by atoms with van der Waals surface area (Å²) in [7, 11) is 0. The normalized spacial score (nSPS) is 18.2. The second kappa shape index (κ2) is 16.7. The molecule has 3 aromatic carbocycles. The molecule has 0 spiro atoms. The van der Waals surface area contributed by atoms with Crippen LogP contribution in [0.1, 0.15) is 46.9 Å². The Hall–Kier alpha value is -5.95. The molecule has 1 N–H and O–H groups in total. The van der Waals surface area contributed by atoms with Crippen LogP contribution >= 0.6 is 11.3 Å². The summed E-state index contributed by atoms with van der Waals surface area (Å²) in [5, 5.41) is 13.2. The third-order valence-corrected chi connectivity index (χ3v) is 12.9. The Kier molecular flexibility index (Phi) is 10.9. The van der Waals surface area contributed by atoms with Crippen molar-refractivity contribution >= 4 is 28.3 Å². The molecule has 0 unspecified atom stereocenters. The van der Waals surface area contributed by atoms with E-state index in [-0.39, 0.29) is 29.8 Å². The lowest BCUT2D eigenvalue weighted by atomic mass is 9.79. The van der Waals surface area contributed by atoms with Crippen molar-refractivity contribution in [3.8, 4) is 22.0 Å². The van der Waals surface area contributed by atoms with Gasteiger partial charge in [-0.3, -0.25) is 24.0 Å². The third-order valence-electron chi connectivity index (χ3n) is 11.8. The number of pyridine rings is 1. The van der Waals surface area contributed by atoms with Crippen molar-refractivity contribution in [1.29, 1.82) is 0 Å². The Morgan fingerprint density at radius 2 is 1.64 bits per heavy atom. The molecule has 2 fully saturated rings. The number of aryl methyl sites for hydroxylation is 1. The van der Waals surface area contributed by atoms with Crippen LogP contribution in [-0.4, -0.2) is 76.7 Å². The Labute approximate surface area is 347 Å². The van der Waals surface area contributed by atoms with Crippen molar-refractivity contribution < 1.29 is 14.6 Å². The SMILES string of the molecule is Cc1ccc(-c2ncc(CN3CC[C@@H](C(=O)N4CCC(O)(Cn5cnc6c(ccn6-c6ccc(OCc7ccccc7)cc6)c5=O)CC4)[C@H](c4ccccc4)C3)s2)cn1. The Morgan fingerprint density at radius 1 is 0.881 bits per heavy atom. The van der Waals surface area contributed by atoms with E-state index in [0.29, 0.717) is 43.6 Å². The highest BCUT2D eigenvalue weighted by Crippen LogP contribution is 2.37. The van der Waals surface area contributed by atoms with Crippen molar-refractivity contribution in [2.24, 2.45) is 5.92 Å². The number of likely N-dealkylation sites (tertiary alicyclic amines) is 2. The molecule has 59 heavy (non-hydrogen) atoms. The number of aromatic nitrogens is 5. The van der Waals surface area contributed by atoms with Crippen LogP contribution in [-0.2, 0) is 24.5 Å². The zero-order valence-electron chi connectivity index (χ0n) is 33.1. The van der Waals surface area contributed by atoms with Crippen molar-refractivity contribution in [1.82, 2.24) is 33.9 Å². The number of nitrogens with zero attached hydrogens (tertiary/aromatic N) is 7. The van der Waals surface area contributed by atoms with Crippen LogP contribution in [0, 0.1) is 12.8 Å². The van der Waals surface area contributed by atoms with Gasteiger partial charge >= 0.3 is 0 Å². The summed E-state index contributed by atoms with van der Waals surface area (Å²) in [5.41, 5.74) is 4.33. The molecule has 9 rings (SSSR count). The highest BCUT2D eigenvalue weighted by atomic mass is 32.1. The number of thiazole rings is 1. The summed E-state index contributed by atoms with van der Waals surface area (Å²) >= 11 is 1.69. The number of hydrogen-bond donors (Lipinski definition) is 1. The fourth-order valence-corrected chi connectivity index (χ4v) is 9.44. The van der Waals surface area contributed by atoms with Crippen molar-refractivity contribution in [3.05, 3.63) is 160 Å². The van der Waals surface area contributed by atoms with Gasteiger partial charge in [0.1, 0.15) is 23.7 Å². The molecule has 300 valence electrons. The highest BCUT2D eigenvalue weighted by molar-refractivity contribution is 7.15. The fourth-order valence-electron chi connectivity index (χ4n) is 8.50. The van der Waals surface area contributed by atoms with Gasteiger partial charge in [-0.15, -0.1) is 11.3 Å². The maximum atomic E-state index is 14.3. The minimum absolute atomic E-state index is 0.0431. The number of hydrogen-bond acceptors (Lipinski definition) is 9. The summed E-state index contributed by atoms with van der Waals surface area (Å²) in [4.78, 5) is 47.4. The van der Waals surface area contributed by atoms with Gasteiger partial charge in [-0.2, -0.15) is 0 Å². The molecule has 2 atom stereocenters. The average Bonchev–Trinajstić information content (AvgIpc) is 3.93. The minimum atomic E-state index is -1.14. The van der Waals surface area contributed by atoms with Crippen LogP contribution in [0.3, 0.4) is 0 Å². The minimum Gasteiger partial charge on any atom is -0.489 e. The lowest BCUT2D eigenvalue weighted by molar-refractivity contribution is -0.142. The van der Waals surface area contributed by atoms with E-state index < -0.39 is 5.60 Å². The van der Waals surface area contributed by atoms with Crippen molar-refractivity contribution in [2.75, 3.05) is 26.2 Å². The predicted molar refractivity (Wildman–Crippen MR) is 230 cm³/mol. The highest BCUT2D eigenvalue weighted by Gasteiger charge is 2.41. The van der Waals surface area contributed by atoms with Gasteiger partial charge in [-0.05, 0) is 86.3 Å². The second-order valence-electron chi connectivity index (χ2n) is 15.9. The fraction of sp³-hybridized carbons (Fsp3) is 0.298. The molecular formula is C47H47N7O4S. The van der Waals surface area contributed by atoms with E-state index in [9.17, 15) is 14.7 Å². The molecule has 11 nitrogen and oxygen atoms in total. The summed E-state index contributed by atoms with van der Waals surface area (Å²) in [6.07, 6.45) is 8.71. The topological polar surface area (TPSA) is 119 Å². The molecule has 2 aliphatic rings. The Balaban J connectivity index is 0.830. The van der Waals surface area contributed by atoms with Gasteiger partial charge < -0.3 is 19.3 Å². The number of fused-ring (bicyclic) bond motifs is 1. The maximum Gasteiger partial charge on any atom is 0.262 e. The van der Waals surface area contributed by atoms with Crippen LogP contribution in [0.25, 0.3) is 27.3 Å². The molecule has 4 aromatic heterocycles. The van der Waals surface area contributed by atoms with E-state index in [0.717, 1.165) is 59.3 Å². The number of ether oxygens (including phenoxy) is 1. The quantitative estimate of drug-likeness (QED) is 0.145. The van der Waals surface area contributed by atoms with Crippen molar-refractivity contribution in [3.63, 3.8) is 0 Å². The Bertz CT molecular complexity index is 2580. The molecule has 1 amide bonds. The first-order valence-corrected chi connectivity index (χ1v) is 21.1. The number of aliphatic hydroxyl groups is 1. The van der Waals surface area contributed by atoms with Crippen LogP contribution in [0.2, 0.25) is 0 Å². The monoisotopic (exact) mass is 805 g/mol. The molecule has 0 radical (unpaired) electrons. The molecule has 12 heteroatoms. The van der Waals surface area contributed by atoms with E-state index in [4.69, 9.17) is 4.74 Å². The summed E-state index contributed by atoms with van der Waals surface area (Å²) < 4.78 is 9.34. The summed E-state index contributed by atoms with van der Waals surface area (Å²) in [6, 6.07) is 34.0. The van der Waals surface area contributed by atoms with Crippen LogP contribution in [0.4, 0.5) is 0 Å². The molecular weight excluding hydrogens is 759 g/mol. The van der Waals surface area contributed by atoms with Crippen LogP contribution < -0.4 is 10.3 Å². The van der Waals surface area contributed by atoms with E-state index >= 15 is 0 Å². The number of amides is 1. The largest absolute Gasteiger partial charge is 0.489 e. The van der Waals surface area contributed by atoms with Gasteiger partial charge in [0.15, 0.2) is 5.65 Å². The molecule has 7 aromatic rings. The number of piperidine rings is 2. The predicted octanol–water partition coefficient (Wildman–Crippen LogP) is 7.25. The molecule has 2 aliphatic heterocycles. The molecule has 6 heterocycles. The third kappa shape index (κ3) is 8.47. The van der Waals surface area contributed by atoms with Crippen LogP contribution in [0.15, 0.2) is 133 Å². The second-order valence-corrected chi connectivity index (χ2v) is 17.0. The van der Waals surface area contributed by atoms with Gasteiger partial charge in [-0.1, -0.05) is 60.7 Å². The van der Waals surface area contributed by atoms with Crippen molar-refractivity contribution in [2.45, 2.75) is 57.4 Å². The van der Waals surface area contributed by atoms with Gasteiger partial charge in [-0.25, -0.2) is 9.97 Å². The molecule has 0 saturated carbocycles. The number of benzene rings is 3. The van der Waals surface area contributed by atoms with Gasteiger partial charge in [0.05, 0.1) is 17.5 Å². The maximum absolute atomic E-state index is 14.3. The van der Waals surface area contributed by atoms with E-state index in [1.165, 1.54) is 21.3 Å². The lowest BCUT2D eigenvalue weighted by Gasteiger charge is -2.43. The van der Waals surface area contributed by atoms with E-state index in [1.807, 2.05) is 114 Å². The first kappa shape index (κ1) is 38.6. The van der Waals surface area contributed by atoms with Gasteiger partial charge in [0.25, 0.3) is 5.56 Å². The van der Waals surface area contributed by atoms with Crippen LogP contribution in [0.5, 0.6) is 5.75 Å². The molecule has 0 aliphatic carbocycles. The summed E-state index contributed by atoms with van der Waals surface area (Å²) in [6.45, 7) is 5.79. The zero-order valence-corrected chi connectivity index (χ0v) is 33.9. The number of carbonyl (C=O) groups excluding carboxylic acids is 1. The standard InChI is InChI=1S/C47H47N7O4S/c1-33-12-13-36(26-48-33)44-49-27-39(59-44)28-51-22-18-40(42(29-51)35-10-6-3-7-11-35)45(55)52-24-20-47(57,21-25-52)31-53-32-50-43-41(46(53)56)19-23-54(43)37-14-16-38(17-15-37)58-30-34-8-4-2-5-9-34/h2-17,19,23,26-27,32,40,42,57H,18,20-22,24-25,28-31H2,1H3/t40-,42+/m1/s1. The Morgan fingerprint density at radius 3 is 2.39 bits per heavy atom. The molecule has 0 bridgehead atoms. The number of carbonyl (C=O) groups is 1. The average molecular weight is 806 g/mol. The van der Waals surface area contributed by atoms with Gasteiger partial charge in [0.2, 0.25) is 5.91 Å². The first-order chi connectivity index (χ1) is 28.8. The number of rotatable bonds is 11. The lowest BCUT2D eigenvalue weighted by Crippen LogP contribution is -2.53. The smallest absolute Gasteiger partial charge is 0.262 e. The van der Waals surface area contributed by atoms with E-state index in [2.05, 4.69) is 38.1 Å². The molecule has 2 saturated heterocycles. The zero-order chi connectivity index (χ0) is 40.3. The summed E-state index contributed by atoms with van der Waals surface area (Å²) in [5.74, 6) is 0.777. The first-order valence-electron chi connectivity index (χ1n) is 20.3. The van der Waals surface area contributed by atoms with Gasteiger partial charge in [0, 0.05) is 78.4 Å².